The van der Waals surface area contributed by atoms with Crippen molar-refractivity contribution < 1.29 is 13.6 Å². The second kappa shape index (κ2) is 4.94. The first-order valence-corrected chi connectivity index (χ1v) is 5.92. The molecule has 1 aromatic rings. The highest BCUT2D eigenvalue weighted by Gasteiger charge is 2.17. The number of nitrogens with two attached hydrogens (primary N) is 1. The number of hydrogen-bond donors (Lipinski definition) is 4. The standard InChI is InChI=1S/C7H13N5O3S/c1-5(7(8)12-13)4-10-16(14,15)6-2-3-9-11-6/h2-3,5,10,13H,4H2,1H3,(H2,8,12)(H,9,11). The van der Waals surface area contributed by atoms with Crippen molar-refractivity contribution in [1.82, 2.24) is 14.9 Å². The van der Waals surface area contributed by atoms with Crippen LogP contribution >= 0.6 is 0 Å². The summed E-state index contributed by atoms with van der Waals surface area (Å²) in [6.07, 6.45) is 1.33. The van der Waals surface area contributed by atoms with Crippen LogP contribution in [-0.4, -0.2) is 36.2 Å². The minimum atomic E-state index is -3.61. The highest BCUT2D eigenvalue weighted by molar-refractivity contribution is 7.89. The van der Waals surface area contributed by atoms with Gasteiger partial charge in [0, 0.05) is 12.5 Å². The lowest BCUT2D eigenvalue weighted by molar-refractivity contribution is 0.314. The third kappa shape index (κ3) is 2.94. The van der Waals surface area contributed by atoms with E-state index in [4.69, 9.17) is 10.9 Å². The van der Waals surface area contributed by atoms with Crippen LogP contribution in [0.2, 0.25) is 0 Å². The van der Waals surface area contributed by atoms with Crippen LogP contribution in [0.3, 0.4) is 0 Å². The summed E-state index contributed by atoms with van der Waals surface area (Å²) >= 11 is 0. The molecule has 0 radical (unpaired) electrons. The molecule has 8 nitrogen and oxygen atoms in total. The Morgan fingerprint density at radius 2 is 2.50 bits per heavy atom. The fourth-order valence-corrected chi connectivity index (χ4v) is 1.95. The van der Waals surface area contributed by atoms with Crippen molar-refractivity contribution in [1.29, 1.82) is 0 Å². The number of sulfonamides is 1. The molecule has 0 amide bonds. The van der Waals surface area contributed by atoms with E-state index >= 15 is 0 Å². The molecule has 0 saturated carbocycles. The van der Waals surface area contributed by atoms with Crippen LogP contribution in [0.25, 0.3) is 0 Å². The summed E-state index contributed by atoms with van der Waals surface area (Å²) in [6.45, 7) is 1.67. The number of H-pyrrole nitrogens is 1. The van der Waals surface area contributed by atoms with Gasteiger partial charge in [0.1, 0.15) is 5.84 Å². The summed E-state index contributed by atoms with van der Waals surface area (Å²) in [5.74, 6) is -0.435. The van der Waals surface area contributed by atoms with E-state index in [1.165, 1.54) is 12.3 Å². The molecule has 0 bridgehead atoms. The summed E-state index contributed by atoms with van der Waals surface area (Å²) in [7, 11) is -3.61. The van der Waals surface area contributed by atoms with Gasteiger partial charge in [0.2, 0.25) is 0 Å². The van der Waals surface area contributed by atoms with Crippen LogP contribution in [0, 0.1) is 5.92 Å². The van der Waals surface area contributed by atoms with Gasteiger partial charge in [0.15, 0.2) is 5.03 Å². The molecule has 0 saturated heterocycles. The highest BCUT2D eigenvalue weighted by atomic mass is 32.2. The van der Waals surface area contributed by atoms with Crippen molar-refractivity contribution in [3.8, 4) is 0 Å². The molecule has 1 unspecified atom stereocenters. The Hall–Kier alpha value is -1.61. The smallest absolute Gasteiger partial charge is 0.257 e. The first kappa shape index (κ1) is 12.5. The maximum Gasteiger partial charge on any atom is 0.257 e. The molecule has 0 aliphatic heterocycles. The lowest BCUT2D eigenvalue weighted by Gasteiger charge is -2.10. The van der Waals surface area contributed by atoms with Gasteiger partial charge in [-0.2, -0.15) is 5.10 Å². The molecule has 0 spiro atoms. The Balaban J connectivity index is 2.63. The third-order valence-electron chi connectivity index (χ3n) is 1.96. The second-order valence-electron chi connectivity index (χ2n) is 3.20. The van der Waals surface area contributed by atoms with E-state index in [0.717, 1.165) is 0 Å². The molecule has 1 aromatic heterocycles. The zero-order valence-electron chi connectivity index (χ0n) is 8.58. The molecule has 0 aliphatic rings. The molecular formula is C7H13N5O3S. The number of nitrogens with zero attached hydrogens (tertiary/aromatic N) is 2. The number of rotatable bonds is 5. The predicted octanol–water partition coefficient (Wildman–Crippen LogP) is -0.929. The van der Waals surface area contributed by atoms with Crippen LogP contribution in [0.1, 0.15) is 6.92 Å². The predicted molar refractivity (Wildman–Crippen MR) is 56.3 cm³/mol. The number of aromatic amines is 1. The third-order valence-corrected chi connectivity index (χ3v) is 3.32. The number of aromatic nitrogens is 2. The van der Waals surface area contributed by atoms with Crippen molar-refractivity contribution in [3.63, 3.8) is 0 Å². The quantitative estimate of drug-likeness (QED) is 0.231. The van der Waals surface area contributed by atoms with E-state index in [2.05, 4.69) is 20.1 Å². The molecule has 5 N–H and O–H groups in total. The van der Waals surface area contributed by atoms with Gasteiger partial charge in [-0.3, -0.25) is 5.10 Å². The molecule has 0 fully saturated rings. The van der Waals surface area contributed by atoms with Crippen molar-refractivity contribution >= 4 is 15.9 Å². The van der Waals surface area contributed by atoms with Gasteiger partial charge < -0.3 is 10.9 Å². The van der Waals surface area contributed by atoms with Crippen LogP contribution < -0.4 is 10.5 Å². The summed E-state index contributed by atoms with van der Waals surface area (Å²) < 4.78 is 25.5. The van der Waals surface area contributed by atoms with Crippen molar-refractivity contribution in [3.05, 3.63) is 12.3 Å². The van der Waals surface area contributed by atoms with Gasteiger partial charge in [-0.1, -0.05) is 12.1 Å². The van der Waals surface area contributed by atoms with E-state index in [1.54, 1.807) is 6.92 Å². The zero-order chi connectivity index (χ0) is 12.2. The molecule has 0 aliphatic carbocycles. The van der Waals surface area contributed by atoms with E-state index in [-0.39, 0.29) is 17.4 Å². The fourth-order valence-electron chi connectivity index (χ4n) is 0.908. The summed E-state index contributed by atoms with van der Waals surface area (Å²) in [4.78, 5) is 0. The summed E-state index contributed by atoms with van der Waals surface area (Å²) in [5.41, 5.74) is 5.31. The molecule has 16 heavy (non-hydrogen) atoms. The molecule has 1 atom stereocenters. The van der Waals surface area contributed by atoms with Gasteiger partial charge in [0.05, 0.1) is 6.20 Å². The first-order chi connectivity index (χ1) is 7.47. The van der Waals surface area contributed by atoms with Gasteiger partial charge in [-0.25, -0.2) is 13.1 Å². The Kier molecular flexibility index (Phi) is 3.85. The number of amidine groups is 1. The first-order valence-electron chi connectivity index (χ1n) is 4.44. The number of hydrogen-bond acceptors (Lipinski definition) is 5. The monoisotopic (exact) mass is 247 g/mol. The Morgan fingerprint density at radius 3 is 3.00 bits per heavy atom. The molecule has 0 aromatic carbocycles. The van der Waals surface area contributed by atoms with E-state index < -0.39 is 15.9 Å². The number of nitrogens with one attached hydrogen (secondary N) is 2. The Labute approximate surface area is 92.6 Å². The summed E-state index contributed by atoms with van der Waals surface area (Å²) in [6, 6.07) is 1.33. The SMILES string of the molecule is CC(CNS(=O)(=O)c1ccn[nH]1)C(N)=NO. The minimum Gasteiger partial charge on any atom is -0.409 e. The maximum absolute atomic E-state index is 11.6. The van der Waals surface area contributed by atoms with Crippen molar-refractivity contribution in [2.24, 2.45) is 16.8 Å². The lowest BCUT2D eigenvalue weighted by atomic mass is 10.2. The molecular weight excluding hydrogens is 234 g/mol. The van der Waals surface area contributed by atoms with E-state index in [9.17, 15) is 8.42 Å². The van der Waals surface area contributed by atoms with Gasteiger partial charge >= 0.3 is 0 Å². The molecule has 1 heterocycles. The van der Waals surface area contributed by atoms with Gasteiger partial charge in [-0.05, 0) is 6.07 Å². The zero-order valence-corrected chi connectivity index (χ0v) is 9.40. The van der Waals surface area contributed by atoms with Crippen LogP contribution in [0.4, 0.5) is 0 Å². The van der Waals surface area contributed by atoms with Crippen molar-refractivity contribution in [2.75, 3.05) is 6.54 Å². The molecule has 1 rings (SSSR count). The number of oxime groups is 1. The van der Waals surface area contributed by atoms with E-state index in [0.29, 0.717) is 0 Å². The lowest BCUT2D eigenvalue weighted by Crippen LogP contribution is -2.34. The molecule has 90 valence electrons. The average Bonchev–Trinajstić information content (AvgIpc) is 2.78. The fraction of sp³-hybridized carbons (Fsp3) is 0.429. The average molecular weight is 247 g/mol. The second-order valence-corrected chi connectivity index (χ2v) is 4.93. The minimum absolute atomic E-state index is 0.0285. The van der Waals surface area contributed by atoms with Crippen LogP contribution in [0.5, 0.6) is 0 Å². The Morgan fingerprint density at radius 1 is 1.81 bits per heavy atom. The van der Waals surface area contributed by atoms with Crippen LogP contribution in [0.15, 0.2) is 22.4 Å². The highest BCUT2D eigenvalue weighted by Crippen LogP contribution is 2.03. The molecule has 9 heteroatoms. The van der Waals surface area contributed by atoms with Crippen LogP contribution in [-0.2, 0) is 10.0 Å². The topological polar surface area (TPSA) is 133 Å². The van der Waals surface area contributed by atoms with Gasteiger partial charge in [0.25, 0.3) is 10.0 Å². The van der Waals surface area contributed by atoms with E-state index in [1.807, 2.05) is 0 Å². The van der Waals surface area contributed by atoms with Gasteiger partial charge in [-0.15, -0.1) is 0 Å². The normalized spacial score (nSPS) is 14.9. The maximum atomic E-state index is 11.6. The Bertz CT molecular complexity index is 452. The summed E-state index contributed by atoms with van der Waals surface area (Å²) in [5, 5.41) is 17.0. The van der Waals surface area contributed by atoms with Crippen molar-refractivity contribution in [2.45, 2.75) is 11.9 Å². The largest absolute Gasteiger partial charge is 0.409 e.